The maximum absolute atomic E-state index is 9.86. The Hall–Kier alpha value is -2.47. The third-order valence-electron chi connectivity index (χ3n) is 2.57. The molecular weight excluding hydrogens is 226 g/mol. The van der Waals surface area contributed by atoms with Gasteiger partial charge < -0.3 is 9.84 Å². The molecule has 0 saturated carbocycles. The molecule has 2 aromatic carbocycles. The van der Waals surface area contributed by atoms with E-state index in [9.17, 15) is 5.11 Å². The largest absolute Gasteiger partial charge is 0.507 e. The highest BCUT2D eigenvalue weighted by molar-refractivity contribution is 5.75. The van der Waals surface area contributed by atoms with Gasteiger partial charge in [-0.2, -0.15) is 5.26 Å². The molecule has 90 valence electrons. The lowest BCUT2D eigenvalue weighted by molar-refractivity contribution is 0.277. The summed E-state index contributed by atoms with van der Waals surface area (Å²) < 4.78 is 5.53. The summed E-state index contributed by atoms with van der Waals surface area (Å²) >= 11 is 0. The zero-order valence-electron chi connectivity index (χ0n) is 10.00. The molecule has 0 radical (unpaired) electrons. The number of benzene rings is 2. The molecule has 0 aliphatic heterocycles. The molecule has 1 atom stereocenters. The lowest BCUT2D eigenvalue weighted by Crippen LogP contribution is -2.08. The van der Waals surface area contributed by atoms with Crippen LogP contribution in [0.15, 0.2) is 48.5 Å². The molecule has 0 amide bonds. The normalized spacial score (nSPS) is 11.6. The highest BCUT2D eigenvalue weighted by Crippen LogP contribution is 2.35. The molecule has 2 rings (SSSR count). The van der Waals surface area contributed by atoms with Gasteiger partial charge in [0.05, 0.1) is 0 Å². The first-order valence-electron chi connectivity index (χ1n) is 5.66. The fourth-order valence-electron chi connectivity index (χ4n) is 1.71. The van der Waals surface area contributed by atoms with Crippen LogP contribution in [-0.4, -0.2) is 11.2 Å². The second-order valence-corrected chi connectivity index (χ2v) is 3.90. The summed E-state index contributed by atoms with van der Waals surface area (Å²) in [5.41, 5.74) is 1.47. The van der Waals surface area contributed by atoms with E-state index in [0.717, 1.165) is 5.56 Å². The van der Waals surface area contributed by atoms with Gasteiger partial charge in [-0.15, -0.1) is 0 Å². The average molecular weight is 239 g/mol. The summed E-state index contributed by atoms with van der Waals surface area (Å²) in [7, 11) is 0. The number of phenolic OH excluding ortho intramolecular Hbond substituents is 1. The van der Waals surface area contributed by atoms with Crippen LogP contribution in [0.3, 0.4) is 0 Å². The predicted octanol–water partition coefficient (Wildman–Crippen LogP) is 3.35. The van der Waals surface area contributed by atoms with Crippen molar-refractivity contribution in [3.8, 4) is 28.7 Å². The van der Waals surface area contributed by atoms with Gasteiger partial charge in [0.2, 0.25) is 0 Å². The second-order valence-electron chi connectivity index (χ2n) is 3.90. The van der Waals surface area contributed by atoms with E-state index in [-0.39, 0.29) is 5.75 Å². The Morgan fingerprint density at radius 1 is 1.06 bits per heavy atom. The van der Waals surface area contributed by atoms with Crippen molar-refractivity contribution in [1.29, 1.82) is 5.26 Å². The van der Waals surface area contributed by atoms with Crippen molar-refractivity contribution >= 4 is 0 Å². The summed E-state index contributed by atoms with van der Waals surface area (Å²) in [5, 5.41) is 18.6. The Morgan fingerprint density at radius 3 is 2.33 bits per heavy atom. The third-order valence-corrected chi connectivity index (χ3v) is 2.57. The SMILES string of the molecule is C[C@@H](C#N)Oc1ccccc1-c1ccccc1O. The summed E-state index contributed by atoms with van der Waals surface area (Å²) in [6.45, 7) is 1.68. The molecule has 0 aliphatic carbocycles. The number of phenols is 1. The van der Waals surface area contributed by atoms with Crippen LogP contribution >= 0.6 is 0 Å². The summed E-state index contributed by atoms with van der Waals surface area (Å²) in [5.74, 6) is 0.784. The molecule has 0 aliphatic rings. The molecule has 3 nitrogen and oxygen atoms in total. The van der Waals surface area contributed by atoms with Gasteiger partial charge in [-0.3, -0.25) is 0 Å². The maximum Gasteiger partial charge on any atom is 0.181 e. The first kappa shape index (κ1) is 12.0. The van der Waals surface area contributed by atoms with E-state index in [1.54, 1.807) is 25.1 Å². The minimum atomic E-state index is -0.531. The highest BCUT2D eigenvalue weighted by Gasteiger charge is 2.11. The van der Waals surface area contributed by atoms with Gasteiger partial charge in [0.25, 0.3) is 0 Å². The first-order chi connectivity index (χ1) is 8.72. The van der Waals surface area contributed by atoms with Crippen molar-refractivity contribution in [2.75, 3.05) is 0 Å². The van der Waals surface area contributed by atoms with Crippen molar-refractivity contribution in [3.63, 3.8) is 0 Å². The maximum atomic E-state index is 9.86. The number of rotatable bonds is 3. The lowest BCUT2D eigenvalue weighted by Gasteiger charge is -2.13. The predicted molar refractivity (Wildman–Crippen MR) is 69.2 cm³/mol. The quantitative estimate of drug-likeness (QED) is 0.893. The van der Waals surface area contributed by atoms with Gasteiger partial charge in [0.1, 0.15) is 17.6 Å². The number of para-hydroxylation sites is 2. The number of aromatic hydroxyl groups is 1. The number of nitrogens with zero attached hydrogens (tertiary/aromatic N) is 1. The fourth-order valence-corrected chi connectivity index (χ4v) is 1.71. The molecule has 2 aromatic rings. The molecule has 0 spiro atoms. The Kier molecular flexibility index (Phi) is 3.49. The second kappa shape index (κ2) is 5.24. The van der Waals surface area contributed by atoms with Gasteiger partial charge in [0.15, 0.2) is 6.10 Å². The lowest BCUT2D eigenvalue weighted by atomic mass is 10.0. The highest BCUT2D eigenvalue weighted by atomic mass is 16.5. The van der Waals surface area contributed by atoms with Crippen LogP contribution < -0.4 is 4.74 Å². The van der Waals surface area contributed by atoms with Crippen molar-refractivity contribution < 1.29 is 9.84 Å². The molecule has 18 heavy (non-hydrogen) atoms. The van der Waals surface area contributed by atoms with Gasteiger partial charge in [-0.05, 0) is 19.1 Å². The molecule has 0 aromatic heterocycles. The molecule has 1 N–H and O–H groups in total. The molecule has 0 fully saturated rings. The average Bonchev–Trinajstić information content (AvgIpc) is 2.40. The van der Waals surface area contributed by atoms with Gasteiger partial charge in [0, 0.05) is 11.1 Å². The van der Waals surface area contributed by atoms with Gasteiger partial charge in [-0.25, -0.2) is 0 Å². The van der Waals surface area contributed by atoms with Crippen LogP contribution in [0.4, 0.5) is 0 Å². The molecule has 0 heterocycles. The van der Waals surface area contributed by atoms with Crippen LogP contribution in [0.5, 0.6) is 11.5 Å². The Bertz CT molecular complexity index is 587. The van der Waals surface area contributed by atoms with E-state index in [4.69, 9.17) is 10.00 Å². The van der Waals surface area contributed by atoms with Crippen LogP contribution in [0, 0.1) is 11.3 Å². The zero-order chi connectivity index (χ0) is 13.0. The van der Waals surface area contributed by atoms with Crippen LogP contribution in [0.25, 0.3) is 11.1 Å². The van der Waals surface area contributed by atoms with Crippen molar-refractivity contribution in [2.24, 2.45) is 0 Å². The van der Waals surface area contributed by atoms with E-state index >= 15 is 0 Å². The Balaban J connectivity index is 2.46. The molecule has 0 bridgehead atoms. The summed E-state index contributed by atoms with van der Waals surface area (Å²) in [6, 6.07) is 16.4. The molecule has 0 saturated heterocycles. The van der Waals surface area contributed by atoms with E-state index in [2.05, 4.69) is 0 Å². The summed E-state index contributed by atoms with van der Waals surface area (Å²) in [4.78, 5) is 0. The molecule has 3 heteroatoms. The standard InChI is InChI=1S/C15H13NO2/c1-11(10-16)18-15-9-5-3-7-13(15)12-6-2-4-8-14(12)17/h2-9,11,17H,1H3/t11-/m0/s1. The number of ether oxygens (including phenoxy) is 1. The summed E-state index contributed by atoms with van der Waals surface area (Å²) in [6.07, 6.45) is -0.531. The minimum Gasteiger partial charge on any atom is -0.507 e. The van der Waals surface area contributed by atoms with E-state index < -0.39 is 6.10 Å². The van der Waals surface area contributed by atoms with E-state index in [1.165, 1.54) is 0 Å². The first-order valence-corrected chi connectivity index (χ1v) is 5.66. The van der Waals surface area contributed by atoms with Crippen LogP contribution in [0.1, 0.15) is 6.92 Å². The zero-order valence-corrected chi connectivity index (χ0v) is 10.00. The van der Waals surface area contributed by atoms with Crippen molar-refractivity contribution in [3.05, 3.63) is 48.5 Å². The van der Waals surface area contributed by atoms with Crippen LogP contribution in [0.2, 0.25) is 0 Å². The van der Waals surface area contributed by atoms with Crippen LogP contribution in [-0.2, 0) is 0 Å². The van der Waals surface area contributed by atoms with E-state index in [1.807, 2.05) is 36.4 Å². The fraction of sp³-hybridized carbons (Fsp3) is 0.133. The van der Waals surface area contributed by atoms with Gasteiger partial charge in [-0.1, -0.05) is 36.4 Å². The smallest absolute Gasteiger partial charge is 0.181 e. The Labute approximate surface area is 106 Å². The van der Waals surface area contributed by atoms with Crippen molar-refractivity contribution in [2.45, 2.75) is 13.0 Å². The molecule has 0 unspecified atom stereocenters. The topological polar surface area (TPSA) is 53.2 Å². The minimum absolute atomic E-state index is 0.193. The number of hydrogen-bond donors (Lipinski definition) is 1. The Morgan fingerprint density at radius 2 is 1.67 bits per heavy atom. The third kappa shape index (κ3) is 2.44. The van der Waals surface area contributed by atoms with Crippen molar-refractivity contribution in [1.82, 2.24) is 0 Å². The molecular formula is C15H13NO2. The number of hydrogen-bond acceptors (Lipinski definition) is 3. The van der Waals surface area contributed by atoms with Gasteiger partial charge >= 0.3 is 0 Å². The van der Waals surface area contributed by atoms with E-state index in [0.29, 0.717) is 11.3 Å². The number of nitriles is 1. The monoisotopic (exact) mass is 239 g/mol.